The third-order valence-corrected chi connectivity index (χ3v) is 2.75. The Balaban J connectivity index is 1.97. The molecule has 1 aliphatic heterocycles. The molecule has 0 spiro atoms. The van der Waals surface area contributed by atoms with Crippen LogP contribution >= 0.6 is 0 Å². The van der Waals surface area contributed by atoms with Crippen molar-refractivity contribution >= 4 is 0 Å². The standard InChI is InChI=1S/C10H22N2O/c1-11-10-5-7-12(9-10)6-3-4-8-13-2/h10-11H,3-9H2,1-2H3. The number of hydrogen-bond acceptors (Lipinski definition) is 3. The second kappa shape index (κ2) is 6.35. The van der Waals surface area contributed by atoms with Gasteiger partial charge in [0.15, 0.2) is 0 Å². The highest BCUT2D eigenvalue weighted by molar-refractivity contribution is 4.79. The average molecular weight is 186 g/mol. The van der Waals surface area contributed by atoms with Crippen LogP contribution in [0, 0.1) is 0 Å². The van der Waals surface area contributed by atoms with Crippen molar-refractivity contribution < 1.29 is 4.74 Å². The van der Waals surface area contributed by atoms with Gasteiger partial charge >= 0.3 is 0 Å². The Kier molecular flexibility index (Phi) is 5.35. The predicted octanol–water partition coefficient (Wildman–Crippen LogP) is 0.707. The lowest BCUT2D eigenvalue weighted by molar-refractivity contribution is 0.187. The van der Waals surface area contributed by atoms with Gasteiger partial charge in [-0.2, -0.15) is 0 Å². The van der Waals surface area contributed by atoms with Gasteiger partial charge in [0.05, 0.1) is 0 Å². The molecule has 3 heteroatoms. The van der Waals surface area contributed by atoms with Crippen LogP contribution in [0.4, 0.5) is 0 Å². The molecule has 13 heavy (non-hydrogen) atoms. The molecule has 1 heterocycles. The molecule has 0 aliphatic carbocycles. The van der Waals surface area contributed by atoms with E-state index in [2.05, 4.69) is 17.3 Å². The maximum absolute atomic E-state index is 5.02. The largest absolute Gasteiger partial charge is 0.385 e. The van der Waals surface area contributed by atoms with Crippen molar-refractivity contribution in [1.29, 1.82) is 0 Å². The van der Waals surface area contributed by atoms with Crippen molar-refractivity contribution in [1.82, 2.24) is 10.2 Å². The molecule has 1 atom stereocenters. The van der Waals surface area contributed by atoms with Crippen LogP contribution in [0.2, 0.25) is 0 Å². The molecule has 1 N–H and O–H groups in total. The van der Waals surface area contributed by atoms with Crippen molar-refractivity contribution in [2.45, 2.75) is 25.3 Å². The van der Waals surface area contributed by atoms with Gasteiger partial charge in [0.25, 0.3) is 0 Å². The van der Waals surface area contributed by atoms with Crippen molar-refractivity contribution in [2.75, 3.05) is 40.4 Å². The van der Waals surface area contributed by atoms with E-state index in [0.717, 1.165) is 12.6 Å². The molecule has 1 saturated heterocycles. The Labute approximate surface area is 81.4 Å². The SMILES string of the molecule is CNC1CCN(CCCCOC)C1. The van der Waals surface area contributed by atoms with Crippen molar-refractivity contribution in [3.8, 4) is 0 Å². The average Bonchev–Trinajstić information content (AvgIpc) is 2.60. The van der Waals surface area contributed by atoms with Crippen LogP contribution in [-0.2, 0) is 4.74 Å². The lowest BCUT2D eigenvalue weighted by Gasteiger charge is -2.15. The fourth-order valence-electron chi connectivity index (χ4n) is 1.85. The van der Waals surface area contributed by atoms with Gasteiger partial charge in [-0.15, -0.1) is 0 Å². The van der Waals surface area contributed by atoms with E-state index in [1.807, 2.05) is 0 Å². The summed E-state index contributed by atoms with van der Waals surface area (Å²) in [5.41, 5.74) is 0. The van der Waals surface area contributed by atoms with E-state index in [9.17, 15) is 0 Å². The number of rotatable bonds is 6. The smallest absolute Gasteiger partial charge is 0.0462 e. The Bertz CT molecular complexity index is 130. The predicted molar refractivity (Wildman–Crippen MR) is 55.0 cm³/mol. The van der Waals surface area contributed by atoms with Gasteiger partial charge < -0.3 is 15.0 Å². The lowest BCUT2D eigenvalue weighted by Crippen LogP contribution is -2.30. The van der Waals surface area contributed by atoms with E-state index in [-0.39, 0.29) is 0 Å². The molecular weight excluding hydrogens is 164 g/mol. The van der Waals surface area contributed by atoms with E-state index in [1.165, 1.54) is 38.9 Å². The Hall–Kier alpha value is -0.120. The van der Waals surface area contributed by atoms with Crippen molar-refractivity contribution in [2.24, 2.45) is 0 Å². The van der Waals surface area contributed by atoms with Gasteiger partial charge in [-0.1, -0.05) is 0 Å². The number of hydrogen-bond donors (Lipinski definition) is 1. The number of likely N-dealkylation sites (N-methyl/N-ethyl adjacent to an activating group) is 1. The first kappa shape index (κ1) is 11.0. The minimum Gasteiger partial charge on any atom is -0.385 e. The maximum atomic E-state index is 5.02. The minimum absolute atomic E-state index is 0.724. The second-order valence-electron chi connectivity index (χ2n) is 3.77. The number of nitrogens with zero attached hydrogens (tertiary/aromatic N) is 1. The Morgan fingerprint density at radius 2 is 2.31 bits per heavy atom. The zero-order valence-corrected chi connectivity index (χ0v) is 8.88. The highest BCUT2D eigenvalue weighted by atomic mass is 16.5. The molecule has 0 bridgehead atoms. The summed E-state index contributed by atoms with van der Waals surface area (Å²) >= 11 is 0. The molecule has 0 amide bonds. The summed E-state index contributed by atoms with van der Waals surface area (Å²) in [6.45, 7) is 4.63. The number of ether oxygens (including phenoxy) is 1. The Morgan fingerprint density at radius 1 is 1.46 bits per heavy atom. The quantitative estimate of drug-likeness (QED) is 0.618. The van der Waals surface area contributed by atoms with Gasteiger partial charge in [0, 0.05) is 26.3 Å². The molecule has 0 aromatic carbocycles. The van der Waals surface area contributed by atoms with Crippen molar-refractivity contribution in [3.05, 3.63) is 0 Å². The first-order valence-electron chi connectivity index (χ1n) is 5.25. The van der Waals surface area contributed by atoms with Gasteiger partial charge in [0.2, 0.25) is 0 Å². The molecule has 0 aromatic rings. The first-order valence-corrected chi connectivity index (χ1v) is 5.25. The van der Waals surface area contributed by atoms with E-state index in [4.69, 9.17) is 4.74 Å². The fraction of sp³-hybridized carbons (Fsp3) is 1.00. The summed E-state index contributed by atoms with van der Waals surface area (Å²) in [4.78, 5) is 2.54. The third kappa shape index (κ3) is 4.07. The van der Waals surface area contributed by atoms with Crippen LogP contribution in [0.15, 0.2) is 0 Å². The van der Waals surface area contributed by atoms with Crippen LogP contribution in [0.25, 0.3) is 0 Å². The van der Waals surface area contributed by atoms with Crippen LogP contribution in [0.5, 0.6) is 0 Å². The van der Waals surface area contributed by atoms with Crippen LogP contribution < -0.4 is 5.32 Å². The molecule has 3 nitrogen and oxygen atoms in total. The monoisotopic (exact) mass is 186 g/mol. The summed E-state index contributed by atoms with van der Waals surface area (Å²) in [7, 11) is 3.83. The number of unbranched alkanes of at least 4 members (excludes halogenated alkanes) is 1. The van der Waals surface area contributed by atoms with Gasteiger partial charge in [-0.25, -0.2) is 0 Å². The lowest BCUT2D eigenvalue weighted by atomic mass is 10.3. The summed E-state index contributed by atoms with van der Waals surface area (Å²) < 4.78 is 5.02. The van der Waals surface area contributed by atoms with E-state index in [1.54, 1.807) is 7.11 Å². The molecule has 1 fully saturated rings. The molecule has 1 rings (SSSR count). The molecule has 0 saturated carbocycles. The number of methoxy groups -OCH3 is 1. The van der Waals surface area contributed by atoms with Crippen LogP contribution in [-0.4, -0.2) is 51.3 Å². The Morgan fingerprint density at radius 3 is 2.92 bits per heavy atom. The zero-order valence-electron chi connectivity index (χ0n) is 8.88. The molecule has 0 aromatic heterocycles. The highest BCUT2D eigenvalue weighted by Crippen LogP contribution is 2.09. The van der Waals surface area contributed by atoms with Crippen LogP contribution in [0.1, 0.15) is 19.3 Å². The fourth-order valence-corrected chi connectivity index (χ4v) is 1.85. The zero-order chi connectivity index (χ0) is 9.52. The summed E-state index contributed by atoms with van der Waals surface area (Å²) in [6.07, 6.45) is 3.77. The molecule has 1 aliphatic rings. The normalized spacial score (nSPS) is 24.0. The number of likely N-dealkylation sites (tertiary alicyclic amines) is 1. The molecular formula is C10H22N2O. The summed E-state index contributed by atoms with van der Waals surface area (Å²) in [5.74, 6) is 0. The molecule has 0 radical (unpaired) electrons. The van der Waals surface area contributed by atoms with E-state index in [0.29, 0.717) is 0 Å². The summed E-state index contributed by atoms with van der Waals surface area (Å²) in [5, 5.41) is 3.33. The summed E-state index contributed by atoms with van der Waals surface area (Å²) in [6, 6.07) is 0.724. The van der Waals surface area contributed by atoms with E-state index < -0.39 is 0 Å². The van der Waals surface area contributed by atoms with E-state index >= 15 is 0 Å². The maximum Gasteiger partial charge on any atom is 0.0462 e. The highest BCUT2D eigenvalue weighted by Gasteiger charge is 2.19. The van der Waals surface area contributed by atoms with Crippen molar-refractivity contribution in [3.63, 3.8) is 0 Å². The van der Waals surface area contributed by atoms with Gasteiger partial charge in [0.1, 0.15) is 0 Å². The molecule has 1 unspecified atom stereocenters. The number of nitrogens with one attached hydrogen (secondary N) is 1. The second-order valence-corrected chi connectivity index (χ2v) is 3.77. The van der Waals surface area contributed by atoms with Gasteiger partial charge in [-0.3, -0.25) is 0 Å². The van der Waals surface area contributed by atoms with Crippen LogP contribution in [0.3, 0.4) is 0 Å². The first-order chi connectivity index (χ1) is 6.36. The topological polar surface area (TPSA) is 24.5 Å². The molecule has 78 valence electrons. The van der Waals surface area contributed by atoms with Gasteiger partial charge in [-0.05, 0) is 39.4 Å². The minimum atomic E-state index is 0.724. The third-order valence-electron chi connectivity index (χ3n) is 2.75.